The van der Waals surface area contributed by atoms with Crippen LogP contribution in [0.5, 0.6) is 5.75 Å². The lowest BCUT2D eigenvalue weighted by atomic mass is 9.97. The minimum absolute atomic E-state index is 0.0301. The second kappa shape index (κ2) is 8.70. The van der Waals surface area contributed by atoms with Crippen LogP contribution >= 0.6 is 0 Å². The van der Waals surface area contributed by atoms with Gasteiger partial charge in [0.2, 0.25) is 11.8 Å². The van der Waals surface area contributed by atoms with Gasteiger partial charge in [0.15, 0.2) is 0 Å². The van der Waals surface area contributed by atoms with Crippen molar-refractivity contribution in [2.75, 3.05) is 19.7 Å². The number of rotatable bonds is 8. The van der Waals surface area contributed by atoms with E-state index in [4.69, 9.17) is 4.74 Å². The molecule has 0 radical (unpaired) electrons. The standard InChI is InChI=1S/C26H32N4O5/c1-4-35-17-5-6-19-15(10-17)11-20(29-19)25(34)30-12-18-21(26(18,2)3)22(30)24(33)28-16(13-31)9-14-7-8-27-23(14)32/h5-6,10-11,13-14,16,18,21-22,29H,4,7-9,12H2,1-3H3,(H,27,32)(H,28,33)/t14-,16-,18-,21-,22-/m0/s1. The van der Waals surface area contributed by atoms with Crippen LogP contribution in [0.1, 0.15) is 44.1 Å². The van der Waals surface area contributed by atoms with E-state index in [9.17, 15) is 19.2 Å². The molecule has 3 aliphatic rings. The predicted octanol–water partition coefficient (Wildman–Crippen LogP) is 1.87. The van der Waals surface area contributed by atoms with Crippen molar-refractivity contribution in [2.24, 2.45) is 23.2 Å². The third-order valence-electron chi connectivity index (χ3n) is 8.06. The van der Waals surface area contributed by atoms with E-state index in [1.54, 1.807) is 11.0 Å². The highest BCUT2D eigenvalue weighted by Crippen LogP contribution is 2.65. The smallest absolute Gasteiger partial charge is 0.271 e. The highest BCUT2D eigenvalue weighted by molar-refractivity contribution is 6.01. The van der Waals surface area contributed by atoms with E-state index < -0.39 is 12.1 Å². The quantitative estimate of drug-likeness (QED) is 0.498. The van der Waals surface area contributed by atoms with Crippen molar-refractivity contribution in [1.82, 2.24) is 20.5 Å². The molecule has 35 heavy (non-hydrogen) atoms. The number of H-pyrrole nitrogens is 1. The Kier molecular flexibility index (Phi) is 5.81. The number of aldehydes is 1. The first-order valence-corrected chi connectivity index (χ1v) is 12.3. The highest BCUT2D eigenvalue weighted by Gasteiger charge is 2.69. The van der Waals surface area contributed by atoms with E-state index in [0.717, 1.165) is 16.7 Å². The zero-order chi connectivity index (χ0) is 24.9. The zero-order valence-electron chi connectivity index (χ0n) is 20.3. The molecule has 3 N–H and O–H groups in total. The monoisotopic (exact) mass is 480 g/mol. The molecule has 9 nitrogen and oxygen atoms in total. The number of benzene rings is 1. The third-order valence-corrected chi connectivity index (χ3v) is 8.06. The molecule has 9 heteroatoms. The summed E-state index contributed by atoms with van der Waals surface area (Å²) in [4.78, 5) is 55.5. The summed E-state index contributed by atoms with van der Waals surface area (Å²) < 4.78 is 5.56. The Morgan fingerprint density at radius 2 is 2.11 bits per heavy atom. The summed E-state index contributed by atoms with van der Waals surface area (Å²) >= 11 is 0. The molecule has 2 saturated heterocycles. The number of carbonyl (C=O) groups excluding carboxylic acids is 4. The average Bonchev–Trinajstić information content (AvgIpc) is 3.33. The number of hydrogen-bond donors (Lipinski definition) is 3. The van der Waals surface area contributed by atoms with E-state index in [1.165, 1.54) is 0 Å². The Morgan fingerprint density at radius 1 is 1.31 bits per heavy atom. The van der Waals surface area contributed by atoms with Gasteiger partial charge in [-0.3, -0.25) is 14.4 Å². The van der Waals surface area contributed by atoms with Crippen molar-refractivity contribution in [3.8, 4) is 5.75 Å². The molecule has 1 aromatic heterocycles. The number of hydrogen-bond acceptors (Lipinski definition) is 5. The van der Waals surface area contributed by atoms with Crippen molar-refractivity contribution in [3.05, 3.63) is 30.0 Å². The first-order valence-electron chi connectivity index (χ1n) is 12.3. The van der Waals surface area contributed by atoms with Crippen molar-refractivity contribution in [2.45, 2.75) is 45.7 Å². The van der Waals surface area contributed by atoms with Crippen molar-refractivity contribution in [3.63, 3.8) is 0 Å². The molecule has 3 fully saturated rings. The number of amides is 3. The SMILES string of the molecule is CCOc1ccc2[nH]c(C(=O)N3C[C@H]4[C@@H]([C@H]3C(=O)N[C@H](C=O)C[C@@H]3CCNC3=O)C4(C)C)cc2c1. The summed E-state index contributed by atoms with van der Waals surface area (Å²) in [5.41, 5.74) is 1.19. The van der Waals surface area contributed by atoms with Gasteiger partial charge < -0.3 is 30.0 Å². The van der Waals surface area contributed by atoms with E-state index in [-0.39, 0.29) is 47.3 Å². The van der Waals surface area contributed by atoms with Crippen molar-refractivity contribution < 1.29 is 23.9 Å². The maximum absolute atomic E-state index is 13.6. The molecule has 2 aliphatic heterocycles. The number of aromatic nitrogens is 1. The van der Waals surface area contributed by atoms with E-state index in [2.05, 4.69) is 29.5 Å². The van der Waals surface area contributed by atoms with Crippen LogP contribution in [0.4, 0.5) is 0 Å². The first-order chi connectivity index (χ1) is 16.7. The van der Waals surface area contributed by atoms with Gasteiger partial charge in [-0.2, -0.15) is 0 Å². The summed E-state index contributed by atoms with van der Waals surface area (Å²) in [6.07, 6.45) is 1.60. The van der Waals surface area contributed by atoms with Crippen molar-refractivity contribution in [1.29, 1.82) is 0 Å². The normalized spacial score (nSPS) is 27.3. The van der Waals surface area contributed by atoms with Gasteiger partial charge in [-0.1, -0.05) is 13.8 Å². The van der Waals surface area contributed by atoms with Gasteiger partial charge in [0.25, 0.3) is 5.91 Å². The molecule has 5 rings (SSSR count). The van der Waals surface area contributed by atoms with Crippen LogP contribution in [0.15, 0.2) is 24.3 Å². The van der Waals surface area contributed by atoms with Gasteiger partial charge in [0.05, 0.1) is 12.6 Å². The largest absolute Gasteiger partial charge is 0.494 e. The van der Waals surface area contributed by atoms with Crippen LogP contribution in [-0.2, 0) is 14.4 Å². The Balaban J connectivity index is 1.35. The van der Waals surface area contributed by atoms with Crippen LogP contribution < -0.4 is 15.4 Å². The fourth-order valence-electron chi connectivity index (χ4n) is 6.03. The number of ether oxygens (including phenoxy) is 1. The van der Waals surface area contributed by atoms with E-state index >= 15 is 0 Å². The molecule has 1 aromatic carbocycles. The maximum atomic E-state index is 13.6. The molecule has 0 bridgehead atoms. The molecule has 1 saturated carbocycles. The molecule has 0 unspecified atom stereocenters. The first kappa shape index (κ1) is 23.4. The molecule has 2 aromatic rings. The summed E-state index contributed by atoms with van der Waals surface area (Å²) in [6, 6.07) is 5.97. The predicted molar refractivity (Wildman–Crippen MR) is 129 cm³/mol. The maximum Gasteiger partial charge on any atom is 0.271 e. The summed E-state index contributed by atoms with van der Waals surface area (Å²) in [5, 5.41) is 6.45. The van der Waals surface area contributed by atoms with Gasteiger partial charge in [-0.15, -0.1) is 0 Å². The van der Waals surface area contributed by atoms with E-state index in [0.29, 0.717) is 38.1 Å². The lowest BCUT2D eigenvalue weighted by Gasteiger charge is -2.30. The molecule has 1 aliphatic carbocycles. The number of aromatic amines is 1. The number of nitrogens with zero attached hydrogens (tertiary/aromatic N) is 1. The van der Waals surface area contributed by atoms with Crippen LogP contribution in [0.25, 0.3) is 10.9 Å². The Bertz CT molecular complexity index is 1190. The van der Waals surface area contributed by atoms with Gasteiger partial charge in [0, 0.05) is 29.9 Å². The Labute approximate surface area is 203 Å². The topological polar surface area (TPSA) is 121 Å². The van der Waals surface area contributed by atoms with Crippen LogP contribution in [0, 0.1) is 23.2 Å². The van der Waals surface area contributed by atoms with Crippen LogP contribution in [-0.4, -0.2) is 65.7 Å². The minimum Gasteiger partial charge on any atom is -0.494 e. The molecular formula is C26H32N4O5. The zero-order valence-corrected chi connectivity index (χ0v) is 20.3. The number of carbonyl (C=O) groups is 4. The van der Waals surface area contributed by atoms with Crippen LogP contribution in [0.2, 0.25) is 0 Å². The second-order valence-electron chi connectivity index (χ2n) is 10.5. The molecule has 3 amide bonds. The fourth-order valence-corrected chi connectivity index (χ4v) is 6.03. The summed E-state index contributed by atoms with van der Waals surface area (Å²) in [6.45, 7) is 7.77. The molecule has 0 spiro atoms. The van der Waals surface area contributed by atoms with Gasteiger partial charge >= 0.3 is 0 Å². The van der Waals surface area contributed by atoms with Gasteiger partial charge in [0.1, 0.15) is 23.8 Å². The van der Waals surface area contributed by atoms with Gasteiger partial charge in [-0.25, -0.2) is 0 Å². The summed E-state index contributed by atoms with van der Waals surface area (Å²) in [7, 11) is 0. The third kappa shape index (κ3) is 4.06. The number of fused-ring (bicyclic) bond motifs is 2. The average molecular weight is 481 g/mol. The van der Waals surface area contributed by atoms with Gasteiger partial charge in [-0.05, 0) is 61.3 Å². The molecule has 186 valence electrons. The lowest BCUT2D eigenvalue weighted by Crippen LogP contribution is -2.52. The second-order valence-corrected chi connectivity index (χ2v) is 10.5. The van der Waals surface area contributed by atoms with Crippen LogP contribution in [0.3, 0.4) is 0 Å². The Morgan fingerprint density at radius 3 is 2.80 bits per heavy atom. The number of nitrogens with one attached hydrogen (secondary N) is 3. The minimum atomic E-state index is -0.765. The number of piperidine rings is 1. The lowest BCUT2D eigenvalue weighted by molar-refractivity contribution is -0.129. The van der Waals surface area contributed by atoms with E-state index in [1.807, 2.05) is 25.1 Å². The molecule has 3 heterocycles. The highest BCUT2D eigenvalue weighted by atomic mass is 16.5. The fraction of sp³-hybridized carbons (Fsp3) is 0.538. The van der Waals surface area contributed by atoms with Crippen molar-refractivity contribution >= 4 is 34.9 Å². The molecular weight excluding hydrogens is 448 g/mol. The Hall–Kier alpha value is -3.36. The number of likely N-dealkylation sites (tertiary alicyclic amines) is 1. The molecule has 5 atom stereocenters. The summed E-state index contributed by atoms with van der Waals surface area (Å²) in [5.74, 6) is 0.0503.